The molecule has 2 aliphatic rings. The molecule has 9 nitrogen and oxygen atoms in total. The quantitative estimate of drug-likeness (QED) is 0.177. The Morgan fingerprint density at radius 3 is 2.58 bits per heavy atom. The lowest BCUT2D eigenvalue weighted by Gasteiger charge is -2.37. The van der Waals surface area contributed by atoms with Gasteiger partial charge in [-0.05, 0) is 47.2 Å². The van der Waals surface area contributed by atoms with Gasteiger partial charge in [-0.2, -0.15) is 0 Å². The highest BCUT2D eigenvalue weighted by Crippen LogP contribution is 2.51. The minimum absolute atomic E-state index is 0.0679. The van der Waals surface area contributed by atoms with Crippen molar-refractivity contribution in [2.75, 3.05) is 30.5 Å². The zero-order valence-corrected chi connectivity index (χ0v) is 26.4. The van der Waals surface area contributed by atoms with Gasteiger partial charge in [-0.25, -0.2) is 0 Å². The summed E-state index contributed by atoms with van der Waals surface area (Å²) >= 11 is 6.96. The maximum atomic E-state index is 14.2. The van der Waals surface area contributed by atoms with E-state index in [1.54, 1.807) is 37.4 Å². The van der Waals surface area contributed by atoms with E-state index in [-0.39, 0.29) is 42.1 Å². The third-order valence-corrected chi connectivity index (χ3v) is 8.31. The number of ketones is 1. The van der Waals surface area contributed by atoms with E-state index in [9.17, 15) is 19.5 Å². The number of para-hydroxylation sites is 1. The van der Waals surface area contributed by atoms with Gasteiger partial charge in [-0.1, -0.05) is 67.9 Å². The van der Waals surface area contributed by atoms with Crippen molar-refractivity contribution in [2.24, 2.45) is 5.41 Å². The van der Waals surface area contributed by atoms with Crippen LogP contribution in [0.1, 0.15) is 56.7 Å². The van der Waals surface area contributed by atoms with Gasteiger partial charge in [0.05, 0.1) is 18.3 Å². The first-order valence-corrected chi connectivity index (χ1v) is 15.3. The Morgan fingerprint density at radius 2 is 1.84 bits per heavy atom. The van der Waals surface area contributed by atoms with Crippen molar-refractivity contribution in [3.63, 3.8) is 0 Å². The van der Waals surface area contributed by atoms with Crippen LogP contribution in [0.3, 0.4) is 0 Å². The zero-order chi connectivity index (χ0) is 32.1. The highest BCUT2D eigenvalue weighted by Gasteiger charge is 2.44. The maximum Gasteiger partial charge on any atom is 0.228 e. The fourth-order valence-electron chi connectivity index (χ4n) is 5.89. The van der Waals surface area contributed by atoms with Gasteiger partial charge in [0, 0.05) is 49.2 Å². The number of carbonyl (C=O) groups is 3. The van der Waals surface area contributed by atoms with Gasteiger partial charge < -0.3 is 25.2 Å². The number of nitrogens with zero attached hydrogens (tertiary/aromatic N) is 1. The summed E-state index contributed by atoms with van der Waals surface area (Å²) in [4.78, 5) is 42.2. The Hall–Kier alpha value is -4.34. The molecule has 3 N–H and O–H groups in total. The number of allylic oxidation sites excluding steroid dienone is 1. The second kappa shape index (κ2) is 13.7. The highest BCUT2D eigenvalue weighted by atomic mass is 35.5. The average molecular weight is 632 g/mol. The van der Waals surface area contributed by atoms with E-state index in [1.165, 1.54) is 11.0 Å². The monoisotopic (exact) mass is 631 g/mol. The fraction of sp³-hybridized carbons (Fsp3) is 0.343. The lowest BCUT2D eigenvalue weighted by Crippen LogP contribution is -2.40. The topological polar surface area (TPSA) is 117 Å². The second-order valence-electron chi connectivity index (χ2n) is 12.1. The van der Waals surface area contributed by atoms with Crippen LogP contribution in [0.5, 0.6) is 11.5 Å². The molecule has 1 unspecified atom stereocenters. The largest absolute Gasteiger partial charge is 0.506 e. The molecule has 1 atom stereocenters. The SMILES string of the molecule is COCCNC(=O)CCC(=O)N1c2cccc(O)c2NC2=C(C(=O)CC(C)(C)C2)C1c1ccc(OCc2ccccc2)cc1Cl. The Labute approximate surface area is 268 Å². The molecule has 0 bridgehead atoms. The minimum atomic E-state index is -0.918. The van der Waals surface area contributed by atoms with Crippen LogP contribution in [0.25, 0.3) is 0 Å². The summed E-state index contributed by atoms with van der Waals surface area (Å²) < 4.78 is 11.0. The molecule has 0 saturated carbocycles. The molecule has 0 saturated heterocycles. The molecule has 1 aliphatic heterocycles. The van der Waals surface area contributed by atoms with Gasteiger partial charge in [-0.3, -0.25) is 19.3 Å². The zero-order valence-electron chi connectivity index (χ0n) is 25.7. The van der Waals surface area contributed by atoms with Crippen LogP contribution in [0.4, 0.5) is 11.4 Å². The van der Waals surface area contributed by atoms with E-state index in [0.29, 0.717) is 65.2 Å². The lowest BCUT2D eigenvalue weighted by atomic mass is 9.73. The van der Waals surface area contributed by atoms with Crippen LogP contribution in [0.2, 0.25) is 5.02 Å². The number of benzene rings is 3. The van der Waals surface area contributed by atoms with Crippen molar-refractivity contribution < 1.29 is 29.0 Å². The number of phenolic OH excluding ortho intramolecular Hbond substituents is 1. The molecule has 10 heteroatoms. The third-order valence-electron chi connectivity index (χ3n) is 7.99. The summed E-state index contributed by atoms with van der Waals surface area (Å²) in [5.41, 5.74) is 2.90. The predicted molar refractivity (Wildman–Crippen MR) is 173 cm³/mol. The lowest BCUT2D eigenvalue weighted by molar-refractivity contribution is -0.125. The third kappa shape index (κ3) is 7.32. The van der Waals surface area contributed by atoms with Crippen molar-refractivity contribution >= 4 is 40.6 Å². The number of anilines is 2. The standard InChI is InChI=1S/C35H38ClN3O6/c1-35(2)19-26-32(29(41)20-35)34(24-13-12-23(18-25(24)36)45-21-22-8-5-4-6-9-22)39(27-10-7-11-28(40)33(27)38-26)31(43)15-14-30(42)37-16-17-44-3/h4-13,18,34,38,40H,14-17,19-21H2,1-3H3,(H,37,42). The Balaban J connectivity index is 1.58. The maximum absolute atomic E-state index is 14.2. The number of phenols is 1. The summed E-state index contributed by atoms with van der Waals surface area (Å²) in [6, 6.07) is 18.9. The molecule has 3 aromatic carbocycles. The predicted octanol–water partition coefficient (Wildman–Crippen LogP) is 6.31. The number of hydrogen-bond acceptors (Lipinski definition) is 7. The fourth-order valence-corrected chi connectivity index (χ4v) is 6.17. The molecule has 0 fully saturated rings. The van der Waals surface area contributed by atoms with Crippen LogP contribution in [0, 0.1) is 5.41 Å². The summed E-state index contributed by atoms with van der Waals surface area (Å²) in [5, 5.41) is 17.4. The Morgan fingerprint density at radius 1 is 1.07 bits per heavy atom. The van der Waals surface area contributed by atoms with Gasteiger partial charge in [0.25, 0.3) is 0 Å². The van der Waals surface area contributed by atoms with Gasteiger partial charge in [-0.15, -0.1) is 0 Å². The molecule has 2 amide bonds. The first kappa shape index (κ1) is 32.1. The number of amides is 2. The van der Waals surface area contributed by atoms with Crippen LogP contribution in [0.15, 0.2) is 78.0 Å². The summed E-state index contributed by atoms with van der Waals surface area (Å²) in [7, 11) is 1.54. The number of hydrogen-bond donors (Lipinski definition) is 3. The number of halogens is 1. The molecule has 1 aliphatic carbocycles. The Kier molecular flexibility index (Phi) is 9.80. The molecule has 236 valence electrons. The van der Waals surface area contributed by atoms with Gasteiger partial charge in [0.2, 0.25) is 11.8 Å². The molecule has 0 aromatic heterocycles. The van der Waals surface area contributed by atoms with Gasteiger partial charge >= 0.3 is 0 Å². The van der Waals surface area contributed by atoms with Crippen LogP contribution >= 0.6 is 11.6 Å². The first-order chi connectivity index (χ1) is 21.6. The number of nitrogens with one attached hydrogen (secondary N) is 2. The molecular formula is C35H38ClN3O6. The van der Waals surface area contributed by atoms with Crippen LogP contribution in [-0.2, 0) is 25.7 Å². The second-order valence-corrected chi connectivity index (χ2v) is 12.5. The van der Waals surface area contributed by atoms with Crippen LogP contribution < -0.4 is 20.3 Å². The van der Waals surface area contributed by atoms with E-state index >= 15 is 0 Å². The molecule has 3 aromatic rings. The molecule has 1 heterocycles. The van der Waals surface area contributed by atoms with Crippen molar-refractivity contribution in [1.82, 2.24) is 5.32 Å². The van der Waals surface area contributed by atoms with E-state index < -0.39 is 11.9 Å². The summed E-state index contributed by atoms with van der Waals surface area (Å²) in [6.07, 6.45) is 0.577. The number of fused-ring (bicyclic) bond motifs is 1. The number of ether oxygens (including phenoxy) is 2. The molecule has 45 heavy (non-hydrogen) atoms. The Bertz CT molecular complexity index is 1620. The van der Waals surface area contributed by atoms with Crippen molar-refractivity contribution in [2.45, 2.75) is 52.2 Å². The van der Waals surface area contributed by atoms with E-state index in [0.717, 1.165) is 5.56 Å². The average Bonchev–Trinajstić information content (AvgIpc) is 3.14. The molecule has 5 rings (SSSR count). The normalized spacial score (nSPS) is 17.1. The van der Waals surface area contributed by atoms with Crippen molar-refractivity contribution in [1.29, 1.82) is 0 Å². The van der Waals surface area contributed by atoms with Gasteiger partial charge in [0.1, 0.15) is 23.8 Å². The molecular weight excluding hydrogens is 594 g/mol. The van der Waals surface area contributed by atoms with Crippen molar-refractivity contribution in [3.8, 4) is 11.5 Å². The van der Waals surface area contributed by atoms with E-state index in [4.69, 9.17) is 21.1 Å². The summed E-state index contributed by atoms with van der Waals surface area (Å²) in [6.45, 7) is 5.05. The number of methoxy groups -OCH3 is 1. The summed E-state index contributed by atoms with van der Waals surface area (Å²) in [5.74, 6) is -0.353. The first-order valence-electron chi connectivity index (χ1n) is 15.0. The smallest absolute Gasteiger partial charge is 0.228 e. The highest BCUT2D eigenvalue weighted by molar-refractivity contribution is 6.31. The number of rotatable bonds is 10. The number of carbonyl (C=O) groups excluding carboxylic acids is 3. The number of aromatic hydroxyl groups is 1. The molecule has 0 spiro atoms. The number of Topliss-reactive ketones (excluding diaryl/α,β-unsaturated/α-hetero) is 1. The van der Waals surface area contributed by atoms with Crippen molar-refractivity contribution in [3.05, 3.63) is 94.1 Å². The van der Waals surface area contributed by atoms with E-state index in [1.807, 2.05) is 44.2 Å². The van der Waals surface area contributed by atoms with Crippen LogP contribution in [-0.4, -0.2) is 43.0 Å². The minimum Gasteiger partial charge on any atom is -0.506 e. The van der Waals surface area contributed by atoms with Gasteiger partial charge in [0.15, 0.2) is 5.78 Å². The van der Waals surface area contributed by atoms with E-state index in [2.05, 4.69) is 10.6 Å². The molecule has 0 radical (unpaired) electrons.